The van der Waals surface area contributed by atoms with Gasteiger partial charge in [0.25, 0.3) is 5.91 Å². The number of carbonyl (C=O) groups is 1. The van der Waals surface area contributed by atoms with Gasteiger partial charge in [0.2, 0.25) is 0 Å². The van der Waals surface area contributed by atoms with E-state index in [1.54, 1.807) is 30.3 Å². The van der Waals surface area contributed by atoms with Crippen molar-refractivity contribution in [2.75, 3.05) is 0 Å². The Morgan fingerprint density at radius 1 is 1.11 bits per heavy atom. The summed E-state index contributed by atoms with van der Waals surface area (Å²) in [6, 6.07) is 14.3. The molecule has 0 saturated carbocycles. The average Bonchev–Trinajstić information content (AvgIpc) is 2.65. The fourth-order valence-corrected chi connectivity index (χ4v) is 2.53. The van der Waals surface area contributed by atoms with Gasteiger partial charge in [-0.2, -0.15) is 0 Å². The molecule has 0 aliphatic carbocycles. The molecule has 0 aromatic heterocycles. The number of amides is 1. The van der Waals surface area contributed by atoms with Crippen LogP contribution in [0, 0.1) is 0 Å². The monoisotopic (exact) mass is 273 g/mol. The van der Waals surface area contributed by atoms with Gasteiger partial charge in [0.05, 0.1) is 0 Å². The Morgan fingerprint density at radius 2 is 1.79 bits per heavy atom. The number of hydrogen-bond donors (Lipinski definition) is 2. The standard InChI is InChI=1S/C15H12ClNO2/c16-11-7-5-10(6-8-11)9-15(19)13-4-2-1-3-12(13)14(18)17-15/h1-8,19H,9H2,(H,17,18). The van der Waals surface area contributed by atoms with Gasteiger partial charge >= 0.3 is 0 Å². The van der Waals surface area contributed by atoms with Crippen LogP contribution in [0.3, 0.4) is 0 Å². The first-order valence-corrected chi connectivity index (χ1v) is 6.35. The summed E-state index contributed by atoms with van der Waals surface area (Å²) in [5.74, 6) is -0.243. The molecule has 2 N–H and O–H groups in total. The van der Waals surface area contributed by atoms with Gasteiger partial charge in [-0.1, -0.05) is 41.9 Å². The molecule has 2 aromatic rings. The highest BCUT2D eigenvalue weighted by molar-refractivity contribution is 6.30. The Morgan fingerprint density at radius 3 is 2.53 bits per heavy atom. The molecule has 1 amide bonds. The maximum absolute atomic E-state index is 11.8. The smallest absolute Gasteiger partial charge is 0.254 e. The van der Waals surface area contributed by atoms with Gasteiger partial charge in [0.15, 0.2) is 5.72 Å². The van der Waals surface area contributed by atoms with Crippen molar-refractivity contribution >= 4 is 17.5 Å². The number of aliphatic hydroxyl groups is 1. The van der Waals surface area contributed by atoms with Crippen molar-refractivity contribution in [2.24, 2.45) is 0 Å². The van der Waals surface area contributed by atoms with Gasteiger partial charge in [0.1, 0.15) is 0 Å². The van der Waals surface area contributed by atoms with Crippen LogP contribution in [0.5, 0.6) is 0 Å². The van der Waals surface area contributed by atoms with E-state index in [9.17, 15) is 9.90 Å². The third-order valence-corrected chi connectivity index (χ3v) is 3.56. The van der Waals surface area contributed by atoms with Crippen molar-refractivity contribution in [3.05, 3.63) is 70.2 Å². The summed E-state index contributed by atoms with van der Waals surface area (Å²) in [4.78, 5) is 11.8. The van der Waals surface area contributed by atoms with Crippen molar-refractivity contribution in [3.63, 3.8) is 0 Å². The minimum atomic E-state index is -1.35. The molecule has 1 heterocycles. The zero-order valence-corrected chi connectivity index (χ0v) is 10.8. The van der Waals surface area contributed by atoms with Gasteiger partial charge in [-0.3, -0.25) is 4.79 Å². The highest BCUT2D eigenvalue weighted by Crippen LogP contribution is 2.31. The Bertz CT molecular complexity index is 639. The molecule has 3 rings (SSSR count). The number of hydrogen-bond acceptors (Lipinski definition) is 2. The van der Waals surface area contributed by atoms with Crippen molar-refractivity contribution in [1.29, 1.82) is 0 Å². The SMILES string of the molecule is O=C1NC(O)(Cc2ccc(Cl)cc2)c2ccccc21. The maximum Gasteiger partial charge on any atom is 0.254 e. The van der Waals surface area contributed by atoms with Gasteiger partial charge in [0, 0.05) is 22.6 Å². The summed E-state index contributed by atoms with van der Waals surface area (Å²) >= 11 is 5.84. The van der Waals surface area contributed by atoms with E-state index in [4.69, 9.17) is 11.6 Å². The minimum Gasteiger partial charge on any atom is -0.366 e. The minimum absolute atomic E-state index is 0.243. The summed E-state index contributed by atoms with van der Waals surface area (Å²) in [6.45, 7) is 0. The zero-order chi connectivity index (χ0) is 13.5. The van der Waals surface area contributed by atoms with Crippen LogP contribution in [0.25, 0.3) is 0 Å². The summed E-state index contributed by atoms with van der Waals surface area (Å²) in [6.07, 6.45) is 0.312. The van der Waals surface area contributed by atoms with E-state index >= 15 is 0 Å². The molecule has 0 bridgehead atoms. The number of rotatable bonds is 2. The molecule has 1 aliphatic rings. The third-order valence-electron chi connectivity index (χ3n) is 3.31. The largest absolute Gasteiger partial charge is 0.366 e. The van der Waals surface area contributed by atoms with Crippen LogP contribution in [-0.2, 0) is 12.1 Å². The molecule has 0 fully saturated rings. The van der Waals surface area contributed by atoms with Crippen LogP contribution in [0.2, 0.25) is 5.02 Å². The highest BCUT2D eigenvalue weighted by atomic mass is 35.5. The van der Waals surface area contributed by atoms with Gasteiger partial charge in [-0.15, -0.1) is 0 Å². The first kappa shape index (κ1) is 12.2. The van der Waals surface area contributed by atoms with E-state index in [2.05, 4.69) is 5.32 Å². The summed E-state index contributed by atoms with van der Waals surface area (Å²) in [5.41, 5.74) is 0.708. The van der Waals surface area contributed by atoms with Crippen molar-refractivity contribution < 1.29 is 9.90 Å². The quantitative estimate of drug-likeness (QED) is 0.883. The second kappa shape index (κ2) is 4.37. The van der Waals surface area contributed by atoms with Crippen LogP contribution < -0.4 is 5.32 Å². The lowest BCUT2D eigenvalue weighted by Crippen LogP contribution is -2.41. The fourth-order valence-electron chi connectivity index (χ4n) is 2.40. The molecule has 1 unspecified atom stereocenters. The molecule has 0 radical (unpaired) electrons. The Kier molecular flexibility index (Phi) is 2.81. The van der Waals surface area contributed by atoms with E-state index < -0.39 is 5.72 Å². The van der Waals surface area contributed by atoms with Crippen LogP contribution in [-0.4, -0.2) is 11.0 Å². The van der Waals surface area contributed by atoms with Crippen LogP contribution >= 0.6 is 11.6 Å². The van der Waals surface area contributed by atoms with Crippen LogP contribution in [0.15, 0.2) is 48.5 Å². The molecule has 96 valence electrons. The second-order valence-corrected chi connectivity index (χ2v) is 5.10. The molecule has 2 aromatic carbocycles. The number of carbonyl (C=O) groups excluding carboxylic acids is 1. The molecular formula is C15H12ClNO2. The van der Waals surface area contributed by atoms with Crippen LogP contribution in [0.1, 0.15) is 21.5 Å². The van der Waals surface area contributed by atoms with E-state index in [0.29, 0.717) is 22.6 Å². The lowest BCUT2D eigenvalue weighted by atomic mass is 9.95. The van der Waals surface area contributed by atoms with E-state index in [0.717, 1.165) is 5.56 Å². The molecule has 1 aliphatic heterocycles. The lowest BCUT2D eigenvalue weighted by Gasteiger charge is -2.24. The molecule has 0 spiro atoms. The van der Waals surface area contributed by atoms with Gasteiger partial charge < -0.3 is 10.4 Å². The number of benzene rings is 2. The van der Waals surface area contributed by atoms with E-state index in [1.165, 1.54) is 0 Å². The summed E-state index contributed by atoms with van der Waals surface area (Å²) in [7, 11) is 0. The van der Waals surface area contributed by atoms with Crippen molar-refractivity contribution in [1.82, 2.24) is 5.32 Å². The number of fused-ring (bicyclic) bond motifs is 1. The average molecular weight is 274 g/mol. The topological polar surface area (TPSA) is 49.3 Å². The fraction of sp³-hybridized carbons (Fsp3) is 0.133. The molecule has 19 heavy (non-hydrogen) atoms. The predicted molar refractivity (Wildman–Crippen MR) is 73.0 cm³/mol. The van der Waals surface area contributed by atoms with E-state index in [-0.39, 0.29) is 5.91 Å². The summed E-state index contributed by atoms with van der Waals surface area (Å²) in [5, 5.41) is 14.0. The predicted octanol–water partition coefficient (Wildman–Crippen LogP) is 2.47. The van der Waals surface area contributed by atoms with E-state index in [1.807, 2.05) is 18.2 Å². The Hall–Kier alpha value is -1.84. The van der Waals surface area contributed by atoms with Gasteiger partial charge in [-0.25, -0.2) is 0 Å². The maximum atomic E-state index is 11.8. The Balaban J connectivity index is 1.97. The second-order valence-electron chi connectivity index (χ2n) is 4.66. The molecule has 0 saturated heterocycles. The van der Waals surface area contributed by atoms with Crippen molar-refractivity contribution in [2.45, 2.75) is 12.1 Å². The van der Waals surface area contributed by atoms with Crippen LogP contribution in [0.4, 0.5) is 0 Å². The first-order valence-electron chi connectivity index (χ1n) is 5.97. The molecule has 4 heteroatoms. The number of nitrogens with one attached hydrogen (secondary N) is 1. The summed E-state index contributed by atoms with van der Waals surface area (Å²) < 4.78 is 0. The van der Waals surface area contributed by atoms with Gasteiger partial charge in [-0.05, 0) is 23.8 Å². The third kappa shape index (κ3) is 2.11. The lowest BCUT2D eigenvalue weighted by molar-refractivity contribution is 0.0134. The molecular weight excluding hydrogens is 262 g/mol. The zero-order valence-electron chi connectivity index (χ0n) is 10.1. The Labute approximate surface area is 115 Å². The number of halogens is 1. The molecule has 3 nitrogen and oxygen atoms in total. The highest BCUT2D eigenvalue weighted by Gasteiger charge is 2.40. The first-order chi connectivity index (χ1) is 9.08. The molecule has 1 atom stereocenters. The normalized spacial score (nSPS) is 21.1. The van der Waals surface area contributed by atoms with Crippen molar-refractivity contribution in [3.8, 4) is 0 Å².